The number of carbonyl (C=O) groups is 1. The van der Waals surface area contributed by atoms with Gasteiger partial charge in [0.2, 0.25) is 0 Å². The zero-order valence-electron chi connectivity index (χ0n) is 17.0. The Kier molecular flexibility index (Phi) is 6.76. The van der Waals surface area contributed by atoms with Gasteiger partial charge in [0.15, 0.2) is 12.4 Å². The van der Waals surface area contributed by atoms with Gasteiger partial charge in [-0.05, 0) is 53.9 Å². The quantitative estimate of drug-likeness (QED) is 0.526. The molecule has 0 radical (unpaired) electrons. The Labute approximate surface area is 189 Å². The van der Waals surface area contributed by atoms with Crippen LogP contribution in [0.15, 0.2) is 17.1 Å². The first kappa shape index (κ1) is 22.6. The summed E-state index contributed by atoms with van der Waals surface area (Å²) in [5.41, 5.74) is 2.65. The number of nitriles is 1. The Hall–Kier alpha value is -2.07. The van der Waals surface area contributed by atoms with E-state index in [4.69, 9.17) is 33.0 Å². The number of carboxylic acid groups (broad SMARTS) is 1. The number of fused-ring (bicyclic) bond motifs is 1. The van der Waals surface area contributed by atoms with E-state index in [0.29, 0.717) is 22.0 Å². The third-order valence-corrected chi connectivity index (χ3v) is 7.00. The molecule has 8 heteroatoms. The molecule has 0 unspecified atom stereocenters. The number of aliphatic imine (C=N–C) groups is 1. The van der Waals surface area contributed by atoms with E-state index in [1.165, 1.54) is 4.88 Å². The van der Waals surface area contributed by atoms with Crippen LogP contribution < -0.4 is 4.74 Å². The number of ether oxygens (including phenoxy) is 1. The Bertz CT molecular complexity index is 1020. The van der Waals surface area contributed by atoms with Crippen molar-refractivity contribution in [2.75, 3.05) is 6.61 Å². The van der Waals surface area contributed by atoms with Crippen LogP contribution in [0.4, 0.5) is 5.00 Å². The molecule has 0 saturated heterocycles. The number of rotatable bonds is 5. The minimum Gasteiger partial charge on any atom is -0.479 e. The van der Waals surface area contributed by atoms with Crippen molar-refractivity contribution in [3.05, 3.63) is 43.7 Å². The second-order valence-corrected chi connectivity index (χ2v) is 10.3. The SMILES string of the molecule is CC(C)(C)[C@@H]1CCc2c(sc(N=Cc3cc(Cl)c(OCC(=O)O)c(Cl)c3)c2C#N)C1. The standard InChI is InChI=1S/C22H22Cl2N2O3S/c1-22(2,3)13-4-5-14-15(9-25)21(30-18(14)8-13)26-10-12-6-16(23)20(17(24)7-12)29-11-19(27)28/h6-7,10,13H,4-5,8,11H2,1-3H3,(H,27,28)/t13-/m1/s1. The van der Waals surface area contributed by atoms with E-state index < -0.39 is 12.6 Å². The Morgan fingerprint density at radius 3 is 2.63 bits per heavy atom. The largest absolute Gasteiger partial charge is 0.479 e. The van der Waals surface area contributed by atoms with Gasteiger partial charge in [0.1, 0.15) is 11.1 Å². The maximum Gasteiger partial charge on any atom is 0.341 e. The molecule has 0 saturated carbocycles. The number of carboxylic acids is 1. The van der Waals surface area contributed by atoms with E-state index in [0.717, 1.165) is 24.8 Å². The molecule has 1 aromatic heterocycles. The lowest BCUT2D eigenvalue weighted by Crippen LogP contribution is -2.26. The number of nitrogens with zero attached hydrogens (tertiary/aromatic N) is 2. The van der Waals surface area contributed by atoms with Crippen LogP contribution in [-0.4, -0.2) is 23.9 Å². The predicted molar refractivity (Wildman–Crippen MR) is 121 cm³/mol. The summed E-state index contributed by atoms with van der Waals surface area (Å²) in [6.45, 7) is 6.25. The van der Waals surface area contributed by atoms with Gasteiger partial charge < -0.3 is 9.84 Å². The maximum atomic E-state index is 10.7. The van der Waals surface area contributed by atoms with Crippen molar-refractivity contribution in [3.63, 3.8) is 0 Å². The molecule has 1 aliphatic rings. The first-order chi connectivity index (χ1) is 14.1. The van der Waals surface area contributed by atoms with Crippen molar-refractivity contribution in [1.82, 2.24) is 0 Å². The van der Waals surface area contributed by atoms with Gasteiger partial charge >= 0.3 is 5.97 Å². The molecule has 1 heterocycles. The highest BCUT2D eigenvalue weighted by Crippen LogP contribution is 2.45. The zero-order valence-corrected chi connectivity index (χ0v) is 19.3. The number of hydrogen-bond acceptors (Lipinski definition) is 5. The molecule has 1 atom stereocenters. The first-order valence-corrected chi connectivity index (χ1v) is 11.1. The molecule has 0 fully saturated rings. The minimum absolute atomic E-state index is 0.121. The van der Waals surface area contributed by atoms with Crippen molar-refractivity contribution in [1.29, 1.82) is 5.26 Å². The Balaban J connectivity index is 1.86. The number of thiophene rings is 1. The smallest absolute Gasteiger partial charge is 0.341 e. The average Bonchev–Trinajstić information content (AvgIpc) is 3.01. The van der Waals surface area contributed by atoms with Crippen LogP contribution in [0.25, 0.3) is 0 Å². The van der Waals surface area contributed by atoms with Gasteiger partial charge in [0, 0.05) is 11.1 Å². The molecule has 30 heavy (non-hydrogen) atoms. The third-order valence-electron chi connectivity index (χ3n) is 5.27. The third kappa shape index (κ3) is 4.97. The summed E-state index contributed by atoms with van der Waals surface area (Å²) in [5.74, 6) is -0.412. The highest BCUT2D eigenvalue weighted by Gasteiger charge is 2.32. The highest BCUT2D eigenvalue weighted by atomic mass is 35.5. The summed E-state index contributed by atoms with van der Waals surface area (Å²) in [7, 11) is 0. The van der Waals surface area contributed by atoms with E-state index in [1.54, 1.807) is 29.7 Å². The minimum atomic E-state index is -1.12. The summed E-state index contributed by atoms with van der Waals surface area (Å²) in [4.78, 5) is 16.5. The van der Waals surface area contributed by atoms with Crippen LogP contribution >= 0.6 is 34.5 Å². The van der Waals surface area contributed by atoms with Crippen molar-refractivity contribution >= 4 is 51.7 Å². The maximum absolute atomic E-state index is 10.7. The first-order valence-electron chi connectivity index (χ1n) is 9.52. The lowest BCUT2D eigenvalue weighted by molar-refractivity contribution is -0.139. The molecule has 5 nitrogen and oxygen atoms in total. The van der Waals surface area contributed by atoms with Gasteiger partial charge in [-0.15, -0.1) is 11.3 Å². The van der Waals surface area contributed by atoms with E-state index in [-0.39, 0.29) is 21.2 Å². The summed E-state index contributed by atoms with van der Waals surface area (Å²) in [6, 6.07) is 5.52. The lowest BCUT2D eigenvalue weighted by Gasteiger charge is -2.33. The van der Waals surface area contributed by atoms with E-state index in [1.807, 2.05) is 0 Å². The summed E-state index contributed by atoms with van der Waals surface area (Å²) in [5, 5.41) is 19.5. The Morgan fingerprint density at radius 1 is 1.40 bits per heavy atom. The van der Waals surface area contributed by atoms with Crippen molar-refractivity contribution < 1.29 is 14.6 Å². The molecular weight excluding hydrogens is 443 g/mol. The van der Waals surface area contributed by atoms with Crippen molar-refractivity contribution in [2.45, 2.75) is 40.0 Å². The number of halogens is 2. The molecule has 3 rings (SSSR count). The highest BCUT2D eigenvalue weighted by molar-refractivity contribution is 7.16. The van der Waals surface area contributed by atoms with Gasteiger partial charge in [0.05, 0.1) is 15.6 Å². The van der Waals surface area contributed by atoms with Crippen LogP contribution in [0.3, 0.4) is 0 Å². The van der Waals surface area contributed by atoms with Gasteiger partial charge in [-0.3, -0.25) is 0 Å². The molecule has 0 aliphatic heterocycles. The fourth-order valence-corrected chi connectivity index (χ4v) is 5.41. The molecule has 158 valence electrons. The van der Waals surface area contributed by atoms with E-state index in [2.05, 4.69) is 31.8 Å². The summed E-state index contributed by atoms with van der Waals surface area (Å²) >= 11 is 13.9. The van der Waals surface area contributed by atoms with Gasteiger partial charge in [-0.25, -0.2) is 9.79 Å². The van der Waals surface area contributed by atoms with E-state index >= 15 is 0 Å². The molecule has 1 N–H and O–H groups in total. The zero-order chi connectivity index (χ0) is 22.1. The number of hydrogen-bond donors (Lipinski definition) is 1. The summed E-state index contributed by atoms with van der Waals surface area (Å²) < 4.78 is 5.13. The monoisotopic (exact) mass is 464 g/mol. The topological polar surface area (TPSA) is 82.7 Å². The molecule has 1 aliphatic carbocycles. The lowest BCUT2D eigenvalue weighted by atomic mass is 9.72. The fourth-order valence-electron chi connectivity index (χ4n) is 3.58. The molecule has 0 amide bonds. The fraction of sp³-hybridized carbons (Fsp3) is 0.409. The normalized spacial score (nSPS) is 16.3. The summed E-state index contributed by atoms with van der Waals surface area (Å²) in [6.07, 6.45) is 4.56. The van der Waals surface area contributed by atoms with Crippen LogP contribution in [0.1, 0.15) is 48.8 Å². The van der Waals surface area contributed by atoms with Crippen LogP contribution in [0.5, 0.6) is 5.75 Å². The van der Waals surface area contributed by atoms with Crippen molar-refractivity contribution in [3.8, 4) is 11.8 Å². The number of benzene rings is 1. The second kappa shape index (κ2) is 8.97. The number of aliphatic carboxylic acids is 1. The van der Waals surface area contributed by atoms with Crippen LogP contribution in [-0.2, 0) is 17.6 Å². The van der Waals surface area contributed by atoms with Gasteiger partial charge in [0.25, 0.3) is 0 Å². The van der Waals surface area contributed by atoms with Crippen LogP contribution in [0, 0.1) is 22.7 Å². The average molecular weight is 465 g/mol. The molecule has 2 aromatic rings. The van der Waals surface area contributed by atoms with Gasteiger partial charge in [-0.2, -0.15) is 5.26 Å². The second-order valence-electron chi connectivity index (χ2n) is 8.36. The van der Waals surface area contributed by atoms with Crippen molar-refractivity contribution in [2.24, 2.45) is 16.3 Å². The Morgan fingerprint density at radius 2 is 2.07 bits per heavy atom. The van der Waals surface area contributed by atoms with Gasteiger partial charge in [-0.1, -0.05) is 44.0 Å². The van der Waals surface area contributed by atoms with E-state index in [9.17, 15) is 10.1 Å². The predicted octanol–water partition coefficient (Wildman–Crippen LogP) is 6.29. The van der Waals surface area contributed by atoms with Crippen LogP contribution in [0.2, 0.25) is 10.0 Å². The molecular formula is C22H22Cl2N2O3S. The molecule has 1 aromatic carbocycles. The molecule has 0 spiro atoms. The molecule has 0 bridgehead atoms.